The van der Waals surface area contributed by atoms with Crippen LogP contribution >= 0.6 is 15.9 Å². The summed E-state index contributed by atoms with van der Waals surface area (Å²) in [5, 5.41) is 2.27. The molecule has 3 rings (SSSR count). The van der Waals surface area contributed by atoms with Gasteiger partial charge in [-0.05, 0) is 78.5 Å². The number of unbranched alkanes of at least 4 members (excludes halogenated alkanes) is 5. The summed E-state index contributed by atoms with van der Waals surface area (Å²) in [6, 6.07) is 7.40. The molecule has 1 N–H and O–H groups in total. The van der Waals surface area contributed by atoms with Gasteiger partial charge in [0.25, 0.3) is 11.8 Å². The Kier molecular flexibility index (Phi) is 13.2. The number of halogens is 1. The predicted molar refractivity (Wildman–Crippen MR) is 167 cm³/mol. The second kappa shape index (κ2) is 16.8. The standard InChI is InChI=1S/C32H41BrN2O7/c1-5-9-10-11-12-13-17-42-29-25(33)19-22(20-28(29)40-8-4)18-24-30(36)34-32(38)35(31(24)37)23-14-15-26(41-16-6-2)27(21-23)39-7-3/h14-15,18-21H,5-13,16-17H2,1-4H3,(H,34,36,38)/b24-18+. The Morgan fingerprint density at radius 3 is 2.19 bits per heavy atom. The lowest BCUT2D eigenvalue weighted by Gasteiger charge is -2.27. The third-order valence-corrected chi connectivity index (χ3v) is 7.02. The number of carbonyl (C=O) groups excluding carboxylic acids is 3. The van der Waals surface area contributed by atoms with E-state index in [-0.39, 0.29) is 11.3 Å². The number of urea groups is 1. The molecule has 1 aliphatic heterocycles. The number of ether oxygens (including phenoxy) is 4. The Morgan fingerprint density at radius 2 is 1.48 bits per heavy atom. The van der Waals surface area contributed by atoms with E-state index < -0.39 is 17.8 Å². The summed E-state index contributed by atoms with van der Waals surface area (Å²) in [6.45, 7) is 9.70. The highest BCUT2D eigenvalue weighted by atomic mass is 79.9. The fourth-order valence-electron chi connectivity index (χ4n) is 4.42. The normalized spacial score (nSPS) is 14.3. The van der Waals surface area contributed by atoms with Crippen LogP contribution in [0.5, 0.6) is 23.0 Å². The third kappa shape index (κ3) is 8.74. The number of hydrogen-bond donors (Lipinski definition) is 1. The molecule has 1 heterocycles. The van der Waals surface area contributed by atoms with Crippen LogP contribution in [-0.4, -0.2) is 44.3 Å². The molecule has 0 aliphatic carbocycles. The summed E-state index contributed by atoms with van der Waals surface area (Å²) in [6.07, 6.45) is 9.15. The highest BCUT2D eigenvalue weighted by molar-refractivity contribution is 9.10. The molecule has 0 unspecified atom stereocenters. The summed E-state index contributed by atoms with van der Waals surface area (Å²) in [5.74, 6) is 0.417. The summed E-state index contributed by atoms with van der Waals surface area (Å²) in [5.41, 5.74) is 0.579. The summed E-state index contributed by atoms with van der Waals surface area (Å²) >= 11 is 3.56. The van der Waals surface area contributed by atoms with Gasteiger partial charge in [-0.25, -0.2) is 9.69 Å². The molecule has 10 heteroatoms. The van der Waals surface area contributed by atoms with E-state index in [2.05, 4.69) is 28.2 Å². The first-order valence-electron chi connectivity index (χ1n) is 14.7. The molecule has 9 nitrogen and oxygen atoms in total. The van der Waals surface area contributed by atoms with Crippen molar-refractivity contribution in [1.82, 2.24) is 5.32 Å². The lowest BCUT2D eigenvalue weighted by atomic mass is 10.1. The van der Waals surface area contributed by atoms with E-state index in [1.54, 1.807) is 30.3 Å². The Labute approximate surface area is 256 Å². The average molecular weight is 646 g/mol. The number of imide groups is 2. The summed E-state index contributed by atoms with van der Waals surface area (Å²) in [7, 11) is 0. The molecule has 2 aromatic rings. The first-order valence-corrected chi connectivity index (χ1v) is 15.5. The number of nitrogens with zero attached hydrogens (tertiary/aromatic N) is 1. The highest BCUT2D eigenvalue weighted by Crippen LogP contribution is 2.38. The minimum absolute atomic E-state index is 0.200. The van der Waals surface area contributed by atoms with Gasteiger partial charge in [0.1, 0.15) is 5.57 Å². The fourth-order valence-corrected chi connectivity index (χ4v) is 5.00. The monoisotopic (exact) mass is 644 g/mol. The van der Waals surface area contributed by atoms with Crippen molar-refractivity contribution in [1.29, 1.82) is 0 Å². The molecule has 0 aromatic heterocycles. The average Bonchev–Trinajstić information content (AvgIpc) is 2.95. The van der Waals surface area contributed by atoms with Crippen LogP contribution in [-0.2, 0) is 9.59 Å². The molecule has 0 radical (unpaired) electrons. The van der Waals surface area contributed by atoms with Gasteiger partial charge in [-0.15, -0.1) is 0 Å². The lowest BCUT2D eigenvalue weighted by molar-refractivity contribution is -0.122. The van der Waals surface area contributed by atoms with E-state index in [0.29, 0.717) is 59.5 Å². The van der Waals surface area contributed by atoms with Crippen LogP contribution < -0.4 is 29.2 Å². The second-order valence-corrected chi connectivity index (χ2v) is 10.6. The van der Waals surface area contributed by atoms with Crippen molar-refractivity contribution in [3.05, 3.63) is 45.9 Å². The zero-order chi connectivity index (χ0) is 30.5. The molecule has 0 spiro atoms. The molecule has 0 bridgehead atoms. The van der Waals surface area contributed by atoms with Crippen LogP contribution in [0.15, 0.2) is 40.4 Å². The number of barbiturate groups is 1. The molecule has 1 aliphatic rings. The van der Waals surface area contributed by atoms with Crippen molar-refractivity contribution in [2.75, 3.05) is 31.3 Å². The maximum absolute atomic E-state index is 13.5. The topological polar surface area (TPSA) is 103 Å². The van der Waals surface area contributed by atoms with Gasteiger partial charge < -0.3 is 18.9 Å². The summed E-state index contributed by atoms with van der Waals surface area (Å²) < 4.78 is 23.9. The number of rotatable bonds is 17. The van der Waals surface area contributed by atoms with Crippen LogP contribution in [0.3, 0.4) is 0 Å². The highest BCUT2D eigenvalue weighted by Gasteiger charge is 2.37. The molecule has 0 saturated carbocycles. The molecule has 0 atom stereocenters. The van der Waals surface area contributed by atoms with E-state index in [1.807, 2.05) is 20.8 Å². The van der Waals surface area contributed by atoms with E-state index in [0.717, 1.165) is 24.2 Å². The number of carbonyl (C=O) groups is 3. The SMILES string of the molecule is CCCCCCCCOc1c(Br)cc(/C=C2\C(=O)NC(=O)N(c3ccc(OCCC)c(OCC)c3)C2=O)cc1OCC. The molecule has 42 heavy (non-hydrogen) atoms. The zero-order valence-electron chi connectivity index (χ0n) is 24.9. The Bertz CT molecular complexity index is 1280. The van der Waals surface area contributed by atoms with Gasteiger partial charge in [0.2, 0.25) is 0 Å². The second-order valence-electron chi connectivity index (χ2n) is 9.75. The maximum Gasteiger partial charge on any atom is 0.335 e. The van der Waals surface area contributed by atoms with Crippen molar-refractivity contribution in [2.24, 2.45) is 0 Å². The predicted octanol–water partition coefficient (Wildman–Crippen LogP) is 7.44. The van der Waals surface area contributed by atoms with Crippen molar-refractivity contribution >= 4 is 45.5 Å². The molecule has 2 aromatic carbocycles. The van der Waals surface area contributed by atoms with Gasteiger partial charge in [-0.1, -0.05) is 46.0 Å². The number of anilines is 1. The van der Waals surface area contributed by atoms with E-state index >= 15 is 0 Å². The molecule has 4 amide bonds. The van der Waals surface area contributed by atoms with Crippen molar-refractivity contribution in [3.8, 4) is 23.0 Å². The van der Waals surface area contributed by atoms with Crippen LogP contribution in [0.25, 0.3) is 6.08 Å². The molecular weight excluding hydrogens is 604 g/mol. The van der Waals surface area contributed by atoms with Crippen molar-refractivity contribution in [2.45, 2.75) is 72.6 Å². The zero-order valence-corrected chi connectivity index (χ0v) is 26.5. The quantitative estimate of drug-likeness (QED) is 0.108. The van der Waals surface area contributed by atoms with E-state index in [9.17, 15) is 14.4 Å². The summed E-state index contributed by atoms with van der Waals surface area (Å²) in [4.78, 5) is 40.1. The van der Waals surface area contributed by atoms with Gasteiger partial charge in [0.05, 0.1) is 36.6 Å². The maximum atomic E-state index is 13.5. The van der Waals surface area contributed by atoms with Gasteiger partial charge in [-0.2, -0.15) is 0 Å². The number of nitrogens with one attached hydrogen (secondary N) is 1. The van der Waals surface area contributed by atoms with Gasteiger partial charge in [-0.3, -0.25) is 14.9 Å². The first kappa shape index (κ1) is 33.0. The first-order chi connectivity index (χ1) is 20.3. The van der Waals surface area contributed by atoms with Crippen LogP contribution in [0, 0.1) is 0 Å². The number of amides is 4. The number of benzene rings is 2. The van der Waals surface area contributed by atoms with Crippen LogP contribution in [0.2, 0.25) is 0 Å². The van der Waals surface area contributed by atoms with E-state index in [4.69, 9.17) is 18.9 Å². The Hall–Kier alpha value is -3.53. The van der Waals surface area contributed by atoms with Gasteiger partial charge in [0, 0.05) is 6.07 Å². The van der Waals surface area contributed by atoms with Gasteiger partial charge >= 0.3 is 6.03 Å². The van der Waals surface area contributed by atoms with E-state index in [1.165, 1.54) is 31.8 Å². The third-order valence-electron chi connectivity index (χ3n) is 6.44. The molecule has 228 valence electrons. The Balaban J connectivity index is 1.86. The van der Waals surface area contributed by atoms with Crippen LogP contribution in [0.1, 0.15) is 78.2 Å². The minimum atomic E-state index is -0.846. The van der Waals surface area contributed by atoms with Crippen molar-refractivity contribution < 1.29 is 33.3 Å². The smallest absolute Gasteiger partial charge is 0.335 e. The minimum Gasteiger partial charge on any atom is -0.490 e. The molecule has 1 saturated heterocycles. The van der Waals surface area contributed by atoms with Crippen molar-refractivity contribution in [3.63, 3.8) is 0 Å². The number of hydrogen-bond acceptors (Lipinski definition) is 7. The lowest BCUT2D eigenvalue weighted by Crippen LogP contribution is -2.54. The Morgan fingerprint density at radius 1 is 0.762 bits per heavy atom. The van der Waals surface area contributed by atoms with Crippen LogP contribution in [0.4, 0.5) is 10.5 Å². The van der Waals surface area contributed by atoms with Gasteiger partial charge in [0.15, 0.2) is 23.0 Å². The largest absolute Gasteiger partial charge is 0.490 e. The molecular formula is C32H41BrN2O7. The molecule has 1 fully saturated rings. The fraction of sp³-hybridized carbons (Fsp3) is 0.469.